The van der Waals surface area contributed by atoms with Gasteiger partial charge in [-0.3, -0.25) is 0 Å². The highest BCUT2D eigenvalue weighted by Crippen LogP contribution is 2.19. The Morgan fingerprint density at radius 2 is 2.32 bits per heavy atom. The number of fused-ring (bicyclic) bond motifs is 2. The molecular weight excluding hydrogens is 244 g/mol. The Morgan fingerprint density at radius 3 is 3.32 bits per heavy atom. The second kappa shape index (κ2) is 4.01. The third-order valence-electron chi connectivity index (χ3n) is 3.39. The summed E-state index contributed by atoms with van der Waals surface area (Å²) in [5.74, 6) is 1.82. The van der Waals surface area contributed by atoms with Gasteiger partial charge in [-0.05, 0) is 6.42 Å². The molecule has 1 atom stereocenters. The van der Waals surface area contributed by atoms with Gasteiger partial charge in [-0.1, -0.05) is 0 Å². The number of hydrogen-bond donors (Lipinski definition) is 2. The lowest BCUT2D eigenvalue weighted by molar-refractivity contribution is 0.476. The van der Waals surface area contributed by atoms with Crippen molar-refractivity contribution in [3.63, 3.8) is 0 Å². The molecule has 0 spiro atoms. The molecule has 1 unspecified atom stereocenters. The topological polar surface area (TPSA) is 97.2 Å². The zero-order valence-electron chi connectivity index (χ0n) is 10.1. The number of imidazole rings is 1. The lowest BCUT2D eigenvalue weighted by Gasteiger charge is -2.24. The van der Waals surface area contributed by atoms with Crippen molar-refractivity contribution in [2.24, 2.45) is 0 Å². The van der Waals surface area contributed by atoms with Crippen LogP contribution in [0.3, 0.4) is 0 Å². The SMILES string of the molecule is c1nc(NC2CCc3nncn3C2)c2nc[nH]c2n1. The maximum Gasteiger partial charge on any atom is 0.162 e. The molecule has 0 saturated carbocycles. The van der Waals surface area contributed by atoms with Gasteiger partial charge in [-0.15, -0.1) is 10.2 Å². The normalized spacial score (nSPS) is 18.4. The molecule has 2 N–H and O–H groups in total. The monoisotopic (exact) mass is 256 g/mol. The van der Waals surface area contributed by atoms with Crippen molar-refractivity contribution in [1.82, 2.24) is 34.7 Å². The molecule has 0 amide bonds. The third-order valence-corrected chi connectivity index (χ3v) is 3.39. The van der Waals surface area contributed by atoms with Crippen LogP contribution < -0.4 is 5.32 Å². The number of rotatable bonds is 2. The van der Waals surface area contributed by atoms with Gasteiger partial charge in [0.25, 0.3) is 0 Å². The van der Waals surface area contributed by atoms with E-state index in [0.29, 0.717) is 6.04 Å². The standard InChI is InChI=1S/C11H12N8/c1-2-8-18-16-6-19(8)3-7(1)17-11-9-10(13-4-12-9)14-5-15-11/h4-7H,1-3H2,(H2,12,13,14,15,17). The van der Waals surface area contributed by atoms with Crippen LogP contribution in [0.5, 0.6) is 0 Å². The molecule has 8 heteroatoms. The maximum absolute atomic E-state index is 4.27. The zero-order chi connectivity index (χ0) is 12.7. The Bertz CT molecular complexity index is 714. The minimum atomic E-state index is 0.304. The number of anilines is 1. The van der Waals surface area contributed by atoms with Crippen LogP contribution >= 0.6 is 0 Å². The summed E-state index contributed by atoms with van der Waals surface area (Å²) in [6.07, 6.45) is 6.87. The summed E-state index contributed by atoms with van der Waals surface area (Å²) in [6.45, 7) is 0.845. The predicted molar refractivity (Wildman–Crippen MR) is 67.4 cm³/mol. The smallest absolute Gasteiger partial charge is 0.162 e. The fourth-order valence-corrected chi connectivity index (χ4v) is 2.44. The number of aromatic nitrogens is 7. The van der Waals surface area contributed by atoms with Crippen LogP contribution in [0.1, 0.15) is 12.2 Å². The molecule has 0 bridgehead atoms. The van der Waals surface area contributed by atoms with Crippen LogP contribution in [-0.2, 0) is 13.0 Å². The van der Waals surface area contributed by atoms with Crippen LogP contribution in [0.25, 0.3) is 11.2 Å². The number of nitrogens with zero attached hydrogens (tertiary/aromatic N) is 6. The molecule has 0 radical (unpaired) electrons. The van der Waals surface area contributed by atoms with Crippen LogP contribution in [0.15, 0.2) is 19.0 Å². The first-order valence-electron chi connectivity index (χ1n) is 6.17. The van der Waals surface area contributed by atoms with Crippen molar-refractivity contribution in [3.05, 3.63) is 24.8 Å². The van der Waals surface area contributed by atoms with E-state index < -0.39 is 0 Å². The molecule has 3 aromatic heterocycles. The minimum Gasteiger partial charge on any atom is -0.364 e. The molecular formula is C11H12N8. The van der Waals surface area contributed by atoms with Gasteiger partial charge in [0.15, 0.2) is 11.5 Å². The highest BCUT2D eigenvalue weighted by Gasteiger charge is 2.20. The van der Waals surface area contributed by atoms with E-state index in [1.54, 1.807) is 12.7 Å². The van der Waals surface area contributed by atoms with Gasteiger partial charge in [0.1, 0.15) is 24.0 Å². The fraction of sp³-hybridized carbons (Fsp3) is 0.364. The number of aromatic amines is 1. The summed E-state index contributed by atoms with van der Waals surface area (Å²) in [5, 5.41) is 11.4. The van der Waals surface area contributed by atoms with Crippen molar-refractivity contribution in [2.45, 2.75) is 25.4 Å². The van der Waals surface area contributed by atoms with Gasteiger partial charge < -0.3 is 14.9 Å². The largest absolute Gasteiger partial charge is 0.364 e. The molecule has 1 aliphatic heterocycles. The lowest BCUT2D eigenvalue weighted by Crippen LogP contribution is -2.31. The number of H-pyrrole nitrogens is 1. The molecule has 3 aromatic rings. The summed E-state index contributed by atoms with van der Waals surface area (Å²) in [4.78, 5) is 15.6. The Kier molecular flexibility index (Phi) is 2.20. The van der Waals surface area contributed by atoms with E-state index in [2.05, 4.69) is 40.0 Å². The van der Waals surface area contributed by atoms with Crippen LogP contribution in [-0.4, -0.2) is 40.7 Å². The molecule has 96 valence electrons. The predicted octanol–water partition coefficient (Wildman–Crippen LogP) is 0.371. The van der Waals surface area contributed by atoms with E-state index in [1.807, 2.05) is 0 Å². The van der Waals surface area contributed by atoms with Crippen molar-refractivity contribution in [3.8, 4) is 0 Å². The van der Waals surface area contributed by atoms with Crippen molar-refractivity contribution in [2.75, 3.05) is 5.32 Å². The summed E-state index contributed by atoms with van der Waals surface area (Å²) in [6, 6.07) is 0.304. The van der Waals surface area contributed by atoms with E-state index >= 15 is 0 Å². The van der Waals surface area contributed by atoms with Gasteiger partial charge in [0.2, 0.25) is 0 Å². The van der Waals surface area contributed by atoms with Crippen LogP contribution in [0.4, 0.5) is 5.82 Å². The van der Waals surface area contributed by atoms with Crippen molar-refractivity contribution < 1.29 is 0 Å². The molecule has 0 aromatic carbocycles. The summed E-state index contributed by atoms with van der Waals surface area (Å²) in [7, 11) is 0. The summed E-state index contributed by atoms with van der Waals surface area (Å²) in [5.41, 5.74) is 1.52. The van der Waals surface area contributed by atoms with Crippen molar-refractivity contribution >= 4 is 17.0 Å². The molecule has 0 fully saturated rings. The second-order valence-corrected chi connectivity index (χ2v) is 4.60. The first-order valence-corrected chi connectivity index (χ1v) is 6.17. The van der Waals surface area contributed by atoms with E-state index in [4.69, 9.17) is 0 Å². The van der Waals surface area contributed by atoms with E-state index in [0.717, 1.165) is 42.2 Å². The van der Waals surface area contributed by atoms with Crippen LogP contribution in [0.2, 0.25) is 0 Å². The molecule has 4 heterocycles. The quantitative estimate of drug-likeness (QED) is 0.687. The number of aryl methyl sites for hydroxylation is 1. The molecule has 1 aliphatic rings. The van der Waals surface area contributed by atoms with Gasteiger partial charge in [0, 0.05) is 19.0 Å². The van der Waals surface area contributed by atoms with Gasteiger partial charge in [0.05, 0.1) is 6.33 Å². The van der Waals surface area contributed by atoms with E-state index in [-0.39, 0.29) is 0 Å². The number of hydrogen-bond acceptors (Lipinski definition) is 6. The maximum atomic E-state index is 4.27. The molecule has 19 heavy (non-hydrogen) atoms. The lowest BCUT2D eigenvalue weighted by atomic mass is 10.1. The Hall–Kier alpha value is -2.51. The van der Waals surface area contributed by atoms with E-state index in [9.17, 15) is 0 Å². The van der Waals surface area contributed by atoms with E-state index in [1.165, 1.54) is 6.33 Å². The first kappa shape index (κ1) is 10.4. The molecule has 0 saturated heterocycles. The average Bonchev–Trinajstić information content (AvgIpc) is 3.06. The number of nitrogens with one attached hydrogen (secondary N) is 2. The average molecular weight is 256 g/mol. The highest BCUT2D eigenvalue weighted by molar-refractivity contribution is 5.82. The first-order chi connectivity index (χ1) is 9.40. The summed E-state index contributed by atoms with van der Waals surface area (Å²) < 4.78 is 2.07. The van der Waals surface area contributed by atoms with Gasteiger partial charge in [-0.25, -0.2) is 15.0 Å². The van der Waals surface area contributed by atoms with Gasteiger partial charge in [-0.2, -0.15) is 0 Å². The second-order valence-electron chi connectivity index (χ2n) is 4.60. The van der Waals surface area contributed by atoms with Crippen LogP contribution in [0, 0.1) is 0 Å². The highest BCUT2D eigenvalue weighted by atomic mass is 15.3. The molecule has 0 aliphatic carbocycles. The summed E-state index contributed by atoms with van der Waals surface area (Å²) >= 11 is 0. The zero-order valence-corrected chi connectivity index (χ0v) is 10.1. The van der Waals surface area contributed by atoms with Gasteiger partial charge >= 0.3 is 0 Å². The van der Waals surface area contributed by atoms with Crippen molar-refractivity contribution in [1.29, 1.82) is 0 Å². The molecule has 4 rings (SSSR count). The molecule has 8 nitrogen and oxygen atoms in total. The Morgan fingerprint density at radius 1 is 1.32 bits per heavy atom. The Labute approximate surface area is 108 Å². The third kappa shape index (κ3) is 1.72. The minimum absolute atomic E-state index is 0.304. The Balaban J connectivity index is 1.61. The fourth-order valence-electron chi connectivity index (χ4n) is 2.44.